The van der Waals surface area contributed by atoms with Gasteiger partial charge in [-0.2, -0.15) is 8.42 Å². The second-order valence-electron chi connectivity index (χ2n) is 11.4. The van der Waals surface area contributed by atoms with Crippen molar-refractivity contribution in [3.8, 4) is 11.5 Å². The first-order valence-corrected chi connectivity index (χ1v) is 15.7. The fourth-order valence-electron chi connectivity index (χ4n) is 6.20. The molecular weight excluding hydrogens is 540 g/mol. The van der Waals surface area contributed by atoms with E-state index in [0.29, 0.717) is 23.0 Å². The fraction of sp³-hybridized carbons (Fsp3) is 0.189. The molecule has 1 aliphatic carbocycles. The standard InChI is InChI=1S/C37H34O4S/c1-23-9-7-10-24(2)32(23)19-27-15-17-29-34(21-27)41-35-22-28(20-33-25(3)11-8-12-26(33)4)16-18-30(35)37(29)31-13-5-6-14-36(31)42(38,39)40/h5-19,21-23,32H,20H2,1-4H3,(H,38,39,40)/b27-19+. The van der Waals surface area contributed by atoms with Crippen molar-refractivity contribution in [3.05, 3.63) is 146 Å². The Kier molecular flexibility index (Phi) is 7.25. The van der Waals surface area contributed by atoms with E-state index in [-0.39, 0.29) is 10.8 Å². The summed E-state index contributed by atoms with van der Waals surface area (Å²) >= 11 is 0. The van der Waals surface area contributed by atoms with Gasteiger partial charge in [0.25, 0.3) is 10.1 Å². The molecule has 0 radical (unpaired) electrons. The Bertz CT molecular complexity index is 1990. The largest absolute Gasteiger partial charge is 0.456 e. The molecule has 4 nitrogen and oxygen atoms in total. The van der Waals surface area contributed by atoms with Crippen molar-refractivity contribution in [2.45, 2.75) is 39.0 Å². The Labute approximate surface area is 247 Å². The van der Waals surface area contributed by atoms with Crippen LogP contribution in [0.5, 0.6) is 11.5 Å². The van der Waals surface area contributed by atoms with E-state index < -0.39 is 10.1 Å². The first kappa shape index (κ1) is 28.0. The second kappa shape index (κ2) is 10.9. The van der Waals surface area contributed by atoms with Gasteiger partial charge in [-0.05, 0) is 84.8 Å². The van der Waals surface area contributed by atoms with Crippen LogP contribution in [0.15, 0.2) is 108 Å². The predicted molar refractivity (Wildman–Crippen MR) is 169 cm³/mol. The lowest BCUT2D eigenvalue weighted by Crippen LogP contribution is -2.22. The predicted octanol–water partition coefficient (Wildman–Crippen LogP) is 7.04. The molecule has 42 heavy (non-hydrogen) atoms. The fourth-order valence-corrected chi connectivity index (χ4v) is 6.90. The number of rotatable bonds is 5. The summed E-state index contributed by atoms with van der Waals surface area (Å²) in [5.41, 5.74) is 8.11. The maximum absolute atomic E-state index is 12.5. The van der Waals surface area contributed by atoms with E-state index in [1.165, 1.54) is 28.3 Å². The first-order chi connectivity index (χ1) is 20.1. The van der Waals surface area contributed by atoms with Gasteiger partial charge in [-0.25, -0.2) is 0 Å². The third-order valence-electron chi connectivity index (χ3n) is 8.51. The van der Waals surface area contributed by atoms with Crippen LogP contribution in [0.1, 0.15) is 47.2 Å². The highest BCUT2D eigenvalue weighted by atomic mass is 32.2. The van der Waals surface area contributed by atoms with Crippen molar-refractivity contribution in [2.75, 3.05) is 0 Å². The van der Waals surface area contributed by atoms with Crippen LogP contribution in [0, 0.1) is 25.7 Å². The van der Waals surface area contributed by atoms with Gasteiger partial charge in [0.05, 0.1) is 0 Å². The van der Waals surface area contributed by atoms with Crippen LogP contribution >= 0.6 is 0 Å². The van der Waals surface area contributed by atoms with E-state index in [0.717, 1.165) is 33.6 Å². The van der Waals surface area contributed by atoms with Gasteiger partial charge in [0.2, 0.25) is 0 Å². The zero-order chi connectivity index (χ0) is 29.6. The van der Waals surface area contributed by atoms with Gasteiger partial charge in [-0.15, -0.1) is 0 Å². The molecule has 1 aliphatic heterocycles. The Morgan fingerprint density at radius 1 is 0.857 bits per heavy atom. The Morgan fingerprint density at radius 3 is 2.36 bits per heavy atom. The lowest BCUT2D eigenvalue weighted by atomic mass is 9.83. The van der Waals surface area contributed by atoms with Crippen LogP contribution in [-0.2, 0) is 16.5 Å². The van der Waals surface area contributed by atoms with E-state index in [2.05, 4.69) is 88.4 Å². The Balaban J connectivity index is 1.55. The Hall–Kier alpha value is -4.19. The van der Waals surface area contributed by atoms with Crippen molar-refractivity contribution >= 4 is 21.8 Å². The molecule has 0 bridgehead atoms. The molecule has 4 aromatic carbocycles. The summed E-state index contributed by atoms with van der Waals surface area (Å²) in [7, 11) is -4.47. The van der Waals surface area contributed by atoms with Gasteiger partial charge in [-0.3, -0.25) is 4.55 Å². The zero-order valence-corrected chi connectivity index (χ0v) is 25.1. The number of ether oxygens (including phenoxy) is 1. The van der Waals surface area contributed by atoms with E-state index in [1.807, 2.05) is 18.2 Å². The minimum atomic E-state index is -4.47. The van der Waals surface area contributed by atoms with E-state index in [4.69, 9.17) is 4.74 Å². The molecule has 1 heterocycles. The van der Waals surface area contributed by atoms with Crippen molar-refractivity contribution in [1.82, 2.24) is 0 Å². The highest BCUT2D eigenvalue weighted by Gasteiger charge is 2.26. The third kappa shape index (κ3) is 5.26. The molecule has 2 unspecified atom stereocenters. The summed E-state index contributed by atoms with van der Waals surface area (Å²) in [6, 6.07) is 25.1. The number of aryl methyl sites for hydroxylation is 2. The average molecular weight is 575 g/mol. The van der Waals surface area contributed by atoms with E-state index in [9.17, 15) is 13.0 Å². The summed E-state index contributed by atoms with van der Waals surface area (Å²) in [5, 5.41) is 1.81. The van der Waals surface area contributed by atoms with Gasteiger partial charge in [0.15, 0.2) is 0 Å². The number of hydrogen-bond acceptors (Lipinski definition) is 3. The molecule has 0 amide bonds. The van der Waals surface area contributed by atoms with Gasteiger partial charge in [-0.1, -0.05) is 91.4 Å². The van der Waals surface area contributed by atoms with Gasteiger partial charge >= 0.3 is 0 Å². The second-order valence-corrected chi connectivity index (χ2v) is 12.8. The molecule has 5 heteroatoms. The maximum atomic E-state index is 12.5. The molecule has 2 atom stereocenters. The minimum Gasteiger partial charge on any atom is -0.456 e. The number of fused-ring (bicyclic) bond motifs is 2. The maximum Gasteiger partial charge on any atom is 0.295 e. The van der Waals surface area contributed by atoms with Crippen molar-refractivity contribution in [2.24, 2.45) is 11.8 Å². The van der Waals surface area contributed by atoms with Crippen LogP contribution in [-0.4, -0.2) is 13.0 Å². The molecule has 1 N–H and O–H groups in total. The molecule has 0 saturated carbocycles. The van der Waals surface area contributed by atoms with Crippen LogP contribution in [0.2, 0.25) is 0 Å². The van der Waals surface area contributed by atoms with Crippen LogP contribution in [0.4, 0.5) is 0 Å². The number of benzene rings is 4. The zero-order valence-electron chi connectivity index (χ0n) is 24.3. The number of hydrogen-bond donors (Lipinski definition) is 1. The normalized spacial score (nSPS) is 18.3. The third-order valence-corrected chi connectivity index (χ3v) is 9.42. The molecule has 4 aromatic rings. The molecule has 0 saturated heterocycles. The van der Waals surface area contributed by atoms with Crippen LogP contribution < -0.4 is 15.2 Å². The van der Waals surface area contributed by atoms with Crippen LogP contribution in [0.25, 0.3) is 11.6 Å². The summed E-state index contributed by atoms with van der Waals surface area (Å²) in [5.74, 6) is 1.97. The lowest BCUT2D eigenvalue weighted by molar-refractivity contribution is 0.470. The summed E-state index contributed by atoms with van der Waals surface area (Å²) < 4.78 is 41.7. The SMILES string of the molecule is CC1=CC=CC(C)C1/C=c1\ccc2c(c1)Oc1cc(Cc3c(C)cccc3C)ccc1C=2c1ccccc1S(=O)(=O)O. The summed E-state index contributed by atoms with van der Waals surface area (Å²) in [6.07, 6.45) is 9.51. The minimum absolute atomic E-state index is 0.127. The molecular formula is C37H34O4S. The first-order valence-electron chi connectivity index (χ1n) is 14.2. The average Bonchev–Trinajstić information content (AvgIpc) is 2.95. The highest BCUT2D eigenvalue weighted by molar-refractivity contribution is 7.86. The van der Waals surface area contributed by atoms with Gasteiger partial charge in [0, 0.05) is 27.8 Å². The quantitative estimate of drug-likeness (QED) is 0.229. The molecule has 6 rings (SSSR count). The lowest BCUT2D eigenvalue weighted by Gasteiger charge is -2.24. The topological polar surface area (TPSA) is 63.6 Å². The van der Waals surface area contributed by atoms with Crippen LogP contribution in [0.3, 0.4) is 0 Å². The van der Waals surface area contributed by atoms with Gasteiger partial charge < -0.3 is 4.74 Å². The van der Waals surface area contributed by atoms with Crippen molar-refractivity contribution < 1.29 is 17.7 Å². The van der Waals surface area contributed by atoms with Crippen molar-refractivity contribution in [3.63, 3.8) is 0 Å². The van der Waals surface area contributed by atoms with Crippen molar-refractivity contribution in [1.29, 1.82) is 0 Å². The van der Waals surface area contributed by atoms with Gasteiger partial charge in [0.1, 0.15) is 16.4 Å². The molecule has 0 fully saturated rings. The Morgan fingerprint density at radius 2 is 1.62 bits per heavy atom. The molecule has 212 valence electrons. The summed E-state index contributed by atoms with van der Waals surface area (Å²) in [4.78, 5) is -0.127. The smallest absolute Gasteiger partial charge is 0.295 e. The molecule has 0 spiro atoms. The molecule has 2 aliphatic rings. The monoisotopic (exact) mass is 574 g/mol. The van der Waals surface area contributed by atoms with E-state index in [1.54, 1.807) is 18.2 Å². The highest BCUT2D eigenvalue weighted by Crippen LogP contribution is 2.39. The van der Waals surface area contributed by atoms with E-state index >= 15 is 0 Å². The summed E-state index contributed by atoms with van der Waals surface area (Å²) in [6.45, 7) is 8.63. The number of allylic oxidation sites excluding steroid dienone is 4. The molecule has 0 aromatic heterocycles.